The van der Waals surface area contributed by atoms with Crippen molar-refractivity contribution in [2.75, 3.05) is 13.7 Å². The molecule has 0 aliphatic rings. The minimum atomic E-state index is -4.67. The van der Waals surface area contributed by atoms with Gasteiger partial charge in [-0.2, -0.15) is 18.3 Å². The molecule has 0 spiro atoms. The van der Waals surface area contributed by atoms with E-state index >= 15 is 0 Å². The Hall–Kier alpha value is -2.17. The highest BCUT2D eigenvalue weighted by molar-refractivity contribution is 9.10. The summed E-state index contributed by atoms with van der Waals surface area (Å²) in [4.78, 5) is 26.9. The van der Waals surface area contributed by atoms with Gasteiger partial charge in [-0.15, -0.1) is 0 Å². The third-order valence-corrected chi connectivity index (χ3v) is 3.52. The summed E-state index contributed by atoms with van der Waals surface area (Å²) in [6, 6.07) is 0.822. The highest BCUT2D eigenvalue weighted by Crippen LogP contribution is 2.32. The van der Waals surface area contributed by atoms with Gasteiger partial charge in [0, 0.05) is 5.69 Å². The van der Waals surface area contributed by atoms with Crippen LogP contribution in [0.1, 0.15) is 21.9 Å². The molecule has 11 heteroatoms. The molecule has 0 saturated heterocycles. The molecular formula is C12H10BrF3N4O3. The number of carbonyl (C=O) groups excluding carboxylic acids is 2. The predicted molar refractivity (Wildman–Crippen MR) is 74.8 cm³/mol. The van der Waals surface area contributed by atoms with E-state index in [1.54, 1.807) is 0 Å². The van der Waals surface area contributed by atoms with Crippen LogP contribution in [0.5, 0.6) is 0 Å². The molecule has 0 aromatic carbocycles. The topological polar surface area (TPSA) is 85.6 Å². The van der Waals surface area contributed by atoms with E-state index in [4.69, 9.17) is 0 Å². The molecule has 2 rings (SSSR count). The SMILES string of the molecule is COC(=O)CNC(=O)c1nn2c(C(F)(F)F)cc(C)nc2c1Br. The van der Waals surface area contributed by atoms with Crippen LogP contribution in [0.15, 0.2) is 10.5 Å². The smallest absolute Gasteiger partial charge is 0.433 e. The van der Waals surface area contributed by atoms with E-state index in [-0.39, 0.29) is 21.5 Å². The summed E-state index contributed by atoms with van der Waals surface area (Å²) in [7, 11) is 1.14. The lowest BCUT2D eigenvalue weighted by molar-refractivity contribution is -0.142. The zero-order valence-corrected chi connectivity index (χ0v) is 13.4. The van der Waals surface area contributed by atoms with Crippen LogP contribution in [0.4, 0.5) is 13.2 Å². The van der Waals surface area contributed by atoms with Crippen LogP contribution in [-0.4, -0.2) is 40.1 Å². The molecule has 0 aliphatic carbocycles. The van der Waals surface area contributed by atoms with Crippen molar-refractivity contribution in [2.24, 2.45) is 0 Å². The monoisotopic (exact) mass is 394 g/mol. The second-order valence-electron chi connectivity index (χ2n) is 4.44. The van der Waals surface area contributed by atoms with Crippen molar-refractivity contribution in [1.82, 2.24) is 19.9 Å². The van der Waals surface area contributed by atoms with Crippen molar-refractivity contribution in [3.63, 3.8) is 0 Å². The molecule has 2 aromatic rings. The number of rotatable bonds is 3. The number of fused-ring (bicyclic) bond motifs is 1. The number of methoxy groups -OCH3 is 1. The minimum Gasteiger partial charge on any atom is -0.468 e. The number of aromatic nitrogens is 3. The summed E-state index contributed by atoms with van der Waals surface area (Å²) in [5.41, 5.74) is -1.42. The Morgan fingerprint density at radius 3 is 2.65 bits per heavy atom. The summed E-state index contributed by atoms with van der Waals surface area (Å²) in [6.45, 7) is 0.958. The Kier molecular flexibility index (Phi) is 4.59. The summed E-state index contributed by atoms with van der Waals surface area (Å²) in [5, 5.41) is 5.84. The van der Waals surface area contributed by atoms with Crippen LogP contribution in [0, 0.1) is 6.92 Å². The van der Waals surface area contributed by atoms with E-state index in [9.17, 15) is 22.8 Å². The van der Waals surface area contributed by atoms with Crippen molar-refractivity contribution in [3.05, 3.63) is 27.6 Å². The Labute approximate surface area is 135 Å². The number of ether oxygens (including phenoxy) is 1. The van der Waals surface area contributed by atoms with Gasteiger partial charge < -0.3 is 10.1 Å². The average Bonchev–Trinajstić information content (AvgIpc) is 2.80. The number of alkyl halides is 3. The van der Waals surface area contributed by atoms with E-state index in [0.29, 0.717) is 4.52 Å². The summed E-state index contributed by atoms with van der Waals surface area (Å²) in [6.07, 6.45) is -4.67. The molecule has 0 aliphatic heterocycles. The number of nitrogens with zero attached hydrogens (tertiary/aromatic N) is 3. The molecule has 0 bridgehead atoms. The first-order chi connectivity index (χ1) is 10.6. The number of aryl methyl sites for hydroxylation is 1. The van der Waals surface area contributed by atoms with Gasteiger partial charge in [-0.1, -0.05) is 0 Å². The van der Waals surface area contributed by atoms with Gasteiger partial charge in [0.2, 0.25) is 0 Å². The van der Waals surface area contributed by atoms with Crippen LogP contribution in [0.2, 0.25) is 0 Å². The highest BCUT2D eigenvalue weighted by atomic mass is 79.9. The molecule has 0 radical (unpaired) electrons. The van der Waals surface area contributed by atoms with Crippen molar-refractivity contribution < 1.29 is 27.5 Å². The zero-order chi connectivity index (χ0) is 17.4. The molecule has 0 unspecified atom stereocenters. The van der Waals surface area contributed by atoms with Crippen molar-refractivity contribution in [1.29, 1.82) is 0 Å². The molecule has 0 fully saturated rings. The van der Waals surface area contributed by atoms with Crippen molar-refractivity contribution in [3.8, 4) is 0 Å². The quantitative estimate of drug-likeness (QED) is 0.801. The molecule has 2 heterocycles. The molecule has 0 saturated carbocycles. The van der Waals surface area contributed by atoms with Gasteiger partial charge in [0.15, 0.2) is 11.3 Å². The van der Waals surface area contributed by atoms with Crippen molar-refractivity contribution in [2.45, 2.75) is 13.1 Å². The molecule has 124 valence electrons. The van der Waals surface area contributed by atoms with Crippen LogP contribution < -0.4 is 5.32 Å². The molecule has 1 N–H and O–H groups in total. The Morgan fingerprint density at radius 1 is 1.43 bits per heavy atom. The Balaban J connectivity index is 2.49. The summed E-state index contributed by atoms with van der Waals surface area (Å²) < 4.78 is 44.1. The number of hydrogen-bond donors (Lipinski definition) is 1. The number of carbonyl (C=O) groups is 2. The second kappa shape index (κ2) is 6.14. The average molecular weight is 395 g/mol. The van der Waals surface area contributed by atoms with Gasteiger partial charge in [0.25, 0.3) is 5.91 Å². The maximum absolute atomic E-state index is 13.1. The van der Waals surface area contributed by atoms with E-state index in [2.05, 4.69) is 36.1 Å². The van der Waals surface area contributed by atoms with Gasteiger partial charge in [-0.05, 0) is 28.9 Å². The van der Waals surface area contributed by atoms with E-state index in [0.717, 1.165) is 13.2 Å². The molecule has 23 heavy (non-hydrogen) atoms. The van der Waals surface area contributed by atoms with Gasteiger partial charge in [-0.25, -0.2) is 9.50 Å². The molecule has 1 amide bonds. The van der Waals surface area contributed by atoms with Gasteiger partial charge in [0.05, 0.1) is 11.6 Å². The minimum absolute atomic E-state index is 0.00549. The molecular weight excluding hydrogens is 385 g/mol. The first kappa shape index (κ1) is 17.2. The fourth-order valence-electron chi connectivity index (χ4n) is 1.77. The first-order valence-electron chi connectivity index (χ1n) is 6.13. The third-order valence-electron chi connectivity index (χ3n) is 2.79. The second-order valence-corrected chi connectivity index (χ2v) is 5.23. The maximum atomic E-state index is 13.1. The number of esters is 1. The zero-order valence-electron chi connectivity index (χ0n) is 11.9. The van der Waals surface area contributed by atoms with Crippen LogP contribution in [0.3, 0.4) is 0 Å². The van der Waals surface area contributed by atoms with Gasteiger partial charge in [-0.3, -0.25) is 9.59 Å². The highest BCUT2D eigenvalue weighted by Gasteiger charge is 2.36. The lowest BCUT2D eigenvalue weighted by atomic mass is 10.3. The molecule has 0 atom stereocenters. The van der Waals surface area contributed by atoms with E-state index in [1.807, 2.05) is 0 Å². The number of amides is 1. The number of hydrogen-bond acceptors (Lipinski definition) is 5. The van der Waals surface area contributed by atoms with E-state index in [1.165, 1.54) is 6.92 Å². The van der Waals surface area contributed by atoms with Crippen LogP contribution in [0.25, 0.3) is 5.65 Å². The van der Waals surface area contributed by atoms with Gasteiger partial charge >= 0.3 is 12.1 Å². The largest absolute Gasteiger partial charge is 0.468 e. The molecule has 2 aromatic heterocycles. The third kappa shape index (κ3) is 3.44. The molecule has 7 nitrogen and oxygen atoms in total. The number of halogens is 4. The van der Waals surface area contributed by atoms with Crippen LogP contribution in [-0.2, 0) is 15.7 Å². The normalized spacial score (nSPS) is 11.6. The Morgan fingerprint density at radius 2 is 2.09 bits per heavy atom. The predicted octanol–water partition coefficient (Wildman–Crippen LogP) is 1.72. The first-order valence-corrected chi connectivity index (χ1v) is 6.92. The van der Waals surface area contributed by atoms with E-state index < -0.39 is 30.3 Å². The maximum Gasteiger partial charge on any atom is 0.433 e. The summed E-state index contributed by atoms with van der Waals surface area (Å²) in [5.74, 6) is -1.54. The summed E-state index contributed by atoms with van der Waals surface area (Å²) >= 11 is 3.02. The van der Waals surface area contributed by atoms with Crippen LogP contribution >= 0.6 is 15.9 Å². The van der Waals surface area contributed by atoms with Crippen molar-refractivity contribution >= 4 is 33.5 Å². The Bertz CT molecular complexity index is 788. The fraction of sp³-hybridized carbons (Fsp3) is 0.333. The van der Waals surface area contributed by atoms with Gasteiger partial charge in [0.1, 0.15) is 12.2 Å². The fourth-order valence-corrected chi connectivity index (χ4v) is 2.28. The lowest BCUT2D eigenvalue weighted by Gasteiger charge is -2.09. The lowest BCUT2D eigenvalue weighted by Crippen LogP contribution is -2.30. The standard InChI is InChI=1S/C12H10BrF3N4O3/c1-5-3-6(12(14,15)16)20-10(18-5)8(13)9(19-20)11(22)17-4-7(21)23-2/h3H,4H2,1-2H3,(H,17,22). The number of nitrogens with one attached hydrogen (secondary N) is 1.